The number of aryl methyl sites for hydroxylation is 1. The van der Waals surface area contributed by atoms with Gasteiger partial charge in [0.05, 0.1) is 31.0 Å². The van der Waals surface area contributed by atoms with Crippen LogP contribution in [-0.2, 0) is 24.4 Å². The normalized spacial score (nSPS) is 17.2. The number of nitrogens with zero attached hydrogens (tertiary/aromatic N) is 3. The molecule has 0 spiro atoms. The van der Waals surface area contributed by atoms with Gasteiger partial charge in [-0.1, -0.05) is 0 Å². The first kappa shape index (κ1) is 17.1. The fraction of sp³-hybridized carbons (Fsp3) is 0.368. The molecule has 7 heteroatoms. The molecular formula is C19H22N4O2S. The molecule has 136 valence electrons. The first-order chi connectivity index (χ1) is 12.7. The van der Waals surface area contributed by atoms with Crippen molar-refractivity contribution in [3.63, 3.8) is 0 Å². The fourth-order valence-electron chi connectivity index (χ4n) is 3.39. The van der Waals surface area contributed by atoms with Gasteiger partial charge in [0.1, 0.15) is 5.76 Å². The maximum absolute atomic E-state index is 12.4. The largest absolute Gasteiger partial charge is 0.467 e. The predicted molar refractivity (Wildman–Crippen MR) is 99.6 cm³/mol. The third-order valence-corrected chi connectivity index (χ3v) is 5.76. The second-order valence-electron chi connectivity index (χ2n) is 6.68. The van der Waals surface area contributed by atoms with Crippen LogP contribution in [0.2, 0.25) is 0 Å². The topological polar surface area (TPSA) is 63.3 Å². The number of hydrogen-bond donors (Lipinski definition) is 1. The van der Waals surface area contributed by atoms with Crippen molar-refractivity contribution in [2.24, 2.45) is 0 Å². The molecule has 1 aliphatic rings. The van der Waals surface area contributed by atoms with E-state index in [9.17, 15) is 4.79 Å². The highest BCUT2D eigenvalue weighted by molar-refractivity contribution is 7.10. The first-order valence-corrected chi connectivity index (χ1v) is 9.64. The molecule has 26 heavy (non-hydrogen) atoms. The van der Waals surface area contributed by atoms with Crippen LogP contribution in [-0.4, -0.2) is 27.1 Å². The summed E-state index contributed by atoms with van der Waals surface area (Å²) in [4.78, 5) is 16.2. The zero-order chi connectivity index (χ0) is 17.9. The molecule has 0 saturated carbocycles. The molecule has 1 N–H and O–H groups in total. The molecule has 1 aliphatic heterocycles. The van der Waals surface area contributed by atoms with Crippen LogP contribution in [0.3, 0.4) is 0 Å². The minimum absolute atomic E-state index is 0.0157. The van der Waals surface area contributed by atoms with Crippen LogP contribution >= 0.6 is 11.3 Å². The lowest BCUT2D eigenvalue weighted by molar-refractivity contribution is -0.122. The Morgan fingerprint density at radius 1 is 1.42 bits per heavy atom. The van der Waals surface area contributed by atoms with Gasteiger partial charge >= 0.3 is 0 Å². The van der Waals surface area contributed by atoms with Crippen LogP contribution in [0.4, 0.5) is 0 Å². The Labute approximate surface area is 156 Å². The standard InChI is InChI=1S/C19H22N4O2S/c1-14-5-8-26-18(14)13-22-11-15-4-6-21-23(15)16(12-22)9-19(24)20-10-17-3-2-7-25-17/h2-8,16H,9-13H2,1H3,(H,20,24)/t16-/m1/s1. The maximum Gasteiger partial charge on any atom is 0.222 e. The minimum atomic E-state index is 0.0157. The van der Waals surface area contributed by atoms with E-state index in [1.807, 2.05) is 29.1 Å². The zero-order valence-electron chi connectivity index (χ0n) is 14.7. The van der Waals surface area contributed by atoms with Crippen molar-refractivity contribution in [3.8, 4) is 0 Å². The summed E-state index contributed by atoms with van der Waals surface area (Å²) in [7, 11) is 0. The number of aromatic nitrogens is 2. The molecule has 0 aliphatic carbocycles. The third-order valence-electron chi connectivity index (χ3n) is 4.75. The number of carbonyl (C=O) groups excluding carboxylic acids is 1. The molecule has 3 aromatic rings. The van der Waals surface area contributed by atoms with Crippen LogP contribution in [0, 0.1) is 6.92 Å². The van der Waals surface area contributed by atoms with E-state index in [0.717, 1.165) is 31.1 Å². The van der Waals surface area contributed by atoms with Crippen molar-refractivity contribution in [2.75, 3.05) is 6.54 Å². The second-order valence-corrected chi connectivity index (χ2v) is 7.68. The van der Waals surface area contributed by atoms with Gasteiger partial charge in [-0.25, -0.2) is 0 Å². The summed E-state index contributed by atoms with van der Waals surface area (Å²) in [6.07, 6.45) is 3.85. The van der Waals surface area contributed by atoms with Crippen LogP contribution in [0.25, 0.3) is 0 Å². The molecule has 4 rings (SSSR count). The molecular weight excluding hydrogens is 348 g/mol. The summed E-state index contributed by atoms with van der Waals surface area (Å²) in [6.45, 7) is 5.17. The van der Waals surface area contributed by atoms with Gasteiger partial charge in [0.25, 0.3) is 0 Å². The molecule has 6 nitrogen and oxygen atoms in total. The quantitative estimate of drug-likeness (QED) is 0.724. The monoisotopic (exact) mass is 370 g/mol. The SMILES string of the molecule is Cc1ccsc1CN1Cc2ccnn2[C@H](CC(=O)NCc2ccco2)C1. The van der Waals surface area contributed by atoms with E-state index >= 15 is 0 Å². The van der Waals surface area contributed by atoms with Crippen LogP contribution < -0.4 is 5.32 Å². The van der Waals surface area contributed by atoms with Gasteiger partial charge in [0.2, 0.25) is 5.91 Å². The second kappa shape index (κ2) is 7.47. The summed E-state index contributed by atoms with van der Waals surface area (Å²) in [5, 5.41) is 9.52. The number of carbonyl (C=O) groups is 1. The van der Waals surface area contributed by atoms with Crippen molar-refractivity contribution in [3.05, 3.63) is 64.0 Å². The van der Waals surface area contributed by atoms with E-state index in [1.165, 1.54) is 10.4 Å². The molecule has 0 fully saturated rings. The van der Waals surface area contributed by atoms with E-state index in [-0.39, 0.29) is 11.9 Å². The van der Waals surface area contributed by atoms with Crippen molar-refractivity contribution in [1.29, 1.82) is 0 Å². The number of nitrogens with one attached hydrogen (secondary N) is 1. The molecule has 3 aromatic heterocycles. The highest BCUT2D eigenvalue weighted by Gasteiger charge is 2.27. The summed E-state index contributed by atoms with van der Waals surface area (Å²) in [5.74, 6) is 0.776. The van der Waals surface area contributed by atoms with E-state index in [0.29, 0.717) is 13.0 Å². The lowest BCUT2D eigenvalue weighted by Crippen LogP contribution is -2.39. The molecule has 0 bridgehead atoms. The molecule has 1 atom stereocenters. The zero-order valence-corrected chi connectivity index (χ0v) is 15.5. The Kier molecular flexibility index (Phi) is 4.90. The molecule has 0 radical (unpaired) electrons. The summed E-state index contributed by atoms with van der Waals surface area (Å²) in [5.41, 5.74) is 2.50. The van der Waals surface area contributed by atoms with Crippen molar-refractivity contribution in [1.82, 2.24) is 20.0 Å². The fourth-order valence-corrected chi connectivity index (χ4v) is 4.34. The van der Waals surface area contributed by atoms with Gasteiger partial charge in [-0.2, -0.15) is 5.10 Å². The lowest BCUT2D eigenvalue weighted by atomic mass is 10.1. The summed E-state index contributed by atoms with van der Waals surface area (Å²) >= 11 is 1.79. The third kappa shape index (κ3) is 3.73. The van der Waals surface area contributed by atoms with Crippen molar-refractivity contribution in [2.45, 2.75) is 39.0 Å². The summed E-state index contributed by atoms with van der Waals surface area (Å²) in [6, 6.07) is 7.93. The number of hydrogen-bond acceptors (Lipinski definition) is 5. The Balaban J connectivity index is 1.41. The average molecular weight is 370 g/mol. The van der Waals surface area contributed by atoms with Crippen LogP contribution in [0.1, 0.15) is 34.4 Å². The predicted octanol–water partition coefficient (Wildman–Crippen LogP) is 3.11. The van der Waals surface area contributed by atoms with E-state index in [1.54, 1.807) is 17.6 Å². The van der Waals surface area contributed by atoms with Crippen LogP contribution in [0.15, 0.2) is 46.5 Å². The molecule has 4 heterocycles. The Bertz CT molecular complexity index is 868. The highest BCUT2D eigenvalue weighted by atomic mass is 32.1. The number of furan rings is 1. The molecule has 0 saturated heterocycles. The van der Waals surface area contributed by atoms with E-state index < -0.39 is 0 Å². The summed E-state index contributed by atoms with van der Waals surface area (Å²) < 4.78 is 7.27. The number of thiophene rings is 1. The van der Waals surface area contributed by atoms with Crippen LogP contribution in [0.5, 0.6) is 0 Å². The van der Waals surface area contributed by atoms with Crippen molar-refractivity contribution < 1.29 is 9.21 Å². The lowest BCUT2D eigenvalue weighted by Gasteiger charge is -2.33. The highest BCUT2D eigenvalue weighted by Crippen LogP contribution is 2.26. The van der Waals surface area contributed by atoms with E-state index in [2.05, 4.69) is 33.7 Å². The van der Waals surface area contributed by atoms with Gasteiger partial charge < -0.3 is 9.73 Å². The molecule has 0 unspecified atom stereocenters. The van der Waals surface area contributed by atoms with Gasteiger partial charge in [-0.3, -0.25) is 14.4 Å². The molecule has 0 aromatic carbocycles. The maximum atomic E-state index is 12.4. The van der Waals surface area contributed by atoms with Gasteiger partial charge in [0.15, 0.2) is 0 Å². The van der Waals surface area contributed by atoms with Crippen molar-refractivity contribution >= 4 is 17.2 Å². The van der Waals surface area contributed by atoms with Gasteiger partial charge in [-0.05, 0) is 42.1 Å². The van der Waals surface area contributed by atoms with Gasteiger partial charge in [-0.15, -0.1) is 11.3 Å². The molecule has 1 amide bonds. The average Bonchev–Trinajstić information content (AvgIpc) is 3.36. The Hall–Kier alpha value is -2.38. The first-order valence-electron chi connectivity index (χ1n) is 8.76. The smallest absolute Gasteiger partial charge is 0.222 e. The number of fused-ring (bicyclic) bond motifs is 1. The van der Waals surface area contributed by atoms with E-state index in [4.69, 9.17) is 4.42 Å². The number of rotatable bonds is 6. The minimum Gasteiger partial charge on any atom is -0.467 e. The Morgan fingerprint density at radius 3 is 3.12 bits per heavy atom. The number of amides is 1. The van der Waals surface area contributed by atoms with Gasteiger partial charge in [0, 0.05) is 30.7 Å². The Morgan fingerprint density at radius 2 is 2.35 bits per heavy atom.